The van der Waals surface area contributed by atoms with Crippen LogP contribution in [-0.4, -0.2) is 35.2 Å². The summed E-state index contributed by atoms with van der Waals surface area (Å²) in [5.41, 5.74) is 1.94. The van der Waals surface area contributed by atoms with Gasteiger partial charge in [-0.3, -0.25) is 4.79 Å². The number of esters is 1. The van der Waals surface area contributed by atoms with Crippen molar-refractivity contribution in [2.45, 2.75) is 19.8 Å². The van der Waals surface area contributed by atoms with Crippen molar-refractivity contribution in [3.05, 3.63) is 41.1 Å². The van der Waals surface area contributed by atoms with Gasteiger partial charge in [0.1, 0.15) is 5.92 Å². The molecule has 1 aromatic rings. The third kappa shape index (κ3) is 4.18. The van der Waals surface area contributed by atoms with Gasteiger partial charge in [0.25, 0.3) is 0 Å². The lowest BCUT2D eigenvalue weighted by molar-refractivity contribution is -0.147. The third-order valence-corrected chi connectivity index (χ3v) is 4.21. The van der Waals surface area contributed by atoms with Gasteiger partial charge in [-0.05, 0) is 60.6 Å². The van der Waals surface area contributed by atoms with E-state index in [1.807, 2.05) is 0 Å². The molecule has 1 aliphatic heterocycles. The van der Waals surface area contributed by atoms with E-state index in [-0.39, 0.29) is 23.4 Å². The zero-order chi connectivity index (χ0) is 16.8. The Morgan fingerprint density at radius 3 is 2.65 bits per heavy atom. The Morgan fingerprint density at radius 1 is 1.39 bits per heavy atom. The van der Waals surface area contributed by atoms with Gasteiger partial charge in [0, 0.05) is 6.54 Å². The fourth-order valence-electron chi connectivity index (χ4n) is 2.78. The Labute approximate surface area is 140 Å². The van der Waals surface area contributed by atoms with E-state index in [1.54, 1.807) is 31.2 Å². The number of hydrogen-bond donors (Lipinski definition) is 2. The molecular formula is C17H19NO4S. The zero-order valence-corrected chi connectivity index (χ0v) is 13.7. The number of carboxylic acids is 1. The highest BCUT2D eigenvalue weighted by atomic mass is 32.1. The fourth-order valence-corrected chi connectivity index (χ4v) is 2.98. The van der Waals surface area contributed by atoms with Crippen LogP contribution in [0, 0.1) is 11.8 Å². The maximum atomic E-state index is 12.1. The van der Waals surface area contributed by atoms with Crippen LogP contribution in [-0.2, 0) is 16.0 Å². The minimum absolute atomic E-state index is 0.0960. The summed E-state index contributed by atoms with van der Waals surface area (Å²) in [7, 11) is 0. The molecule has 0 aromatic heterocycles. The molecule has 1 aliphatic rings. The van der Waals surface area contributed by atoms with Gasteiger partial charge in [-0.25, -0.2) is 4.79 Å². The van der Waals surface area contributed by atoms with Crippen LogP contribution in [0.4, 0.5) is 0 Å². The summed E-state index contributed by atoms with van der Waals surface area (Å²) in [6.07, 6.45) is 1.54. The van der Waals surface area contributed by atoms with Gasteiger partial charge in [0.05, 0.1) is 17.9 Å². The second-order valence-corrected chi connectivity index (χ2v) is 5.63. The molecule has 5 nitrogen and oxygen atoms in total. The molecule has 1 saturated heterocycles. The second kappa shape index (κ2) is 7.90. The number of carbonyl (C=O) groups excluding carboxylic acids is 1. The van der Waals surface area contributed by atoms with Crippen molar-refractivity contribution in [1.82, 2.24) is 5.32 Å². The number of ether oxygens (including phenoxy) is 1. The number of carboxylic acid groups (broad SMARTS) is 1. The number of aryl methyl sites for hydroxylation is 1. The molecule has 1 heterocycles. The van der Waals surface area contributed by atoms with Crippen molar-refractivity contribution in [1.29, 1.82) is 0 Å². The summed E-state index contributed by atoms with van der Waals surface area (Å²) in [5.74, 6) is -1.49. The summed E-state index contributed by atoms with van der Waals surface area (Å²) in [5, 5.41) is 14.7. The summed E-state index contributed by atoms with van der Waals surface area (Å²) in [6.45, 7) is 2.78. The molecule has 2 rings (SSSR count). The van der Waals surface area contributed by atoms with Crippen molar-refractivity contribution < 1.29 is 19.4 Å². The van der Waals surface area contributed by atoms with Crippen LogP contribution in [0.2, 0.25) is 0 Å². The summed E-state index contributed by atoms with van der Waals surface area (Å²) in [4.78, 5) is 23.0. The van der Waals surface area contributed by atoms with Gasteiger partial charge in [-0.15, -0.1) is 0 Å². The molecule has 1 fully saturated rings. The maximum Gasteiger partial charge on any atom is 0.335 e. The van der Waals surface area contributed by atoms with Gasteiger partial charge < -0.3 is 15.2 Å². The first kappa shape index (κ1) is 17.2. The second-order valence-electron chi connectivity index (χ2n) is 5.43. The molecule has 2 unspecified atom stereocenters. The standard InChI is InChI=1S/C17H19NO4S/c1-2-22-17(21)15-13(9-18-14(15)10-23)8-5-11-3-6-12(7-4-11)16(19)20/h3-4,6-7,13,15,18H,2,5,8-9H2,1H3,(H,19,20). The summed E-state index contributed by atoms with van der Waals surface area (Å²) < 4.78 is 5.13. The smallest absolute Gasteiger partial charge is 0.335 e. The summed E-state index contributed by atoms with van der Waals surface area (Å²) >= 11 is 4.85. The number of hydrogen-bond acceptors (Lipinski definition) is 5. The molecule has 23 heavy (non-hydrogen) atoms. The number of carbonyl (C=O) groups is 2. The van der Waals surface area contributed by atoms with Crippen LogP contribution in [0.1, 0.15) is 29.3 Å². The van der Waals surface area contributed by atoms with Crippen LogP contribution in [0.25, 0.3) is 0 Å². The number of rotatable bonds is 6. The predicted molar refractivity (Wildman–Crippen MR) is 89.4 cm³/mol. The van der Waals surface area contributed by atoms with Crippen molar-refractivity contribution in [2.24, 2.45) is 11.8 Å². The number of nitrogens with one attached hydrogen (secondary N) is 1. The van der Waals surface area contributed by atoms with E-state index in [4.69, 9.17) is 22.1 Å². The molecular weight excluding hydrogens is 314 g/mol. The highest BCUT2D eigenvalue weighted by molar-refractivity contribution is 7.78. The van der Waals surface area contributed by atoms with E-state index in [1.165, 1.54) is 0 Å². The third-order valence-electron chi connectivity index (χ3n) is 3.99. The van der Waals surface area contributed by atoms with Crippen LogP contribution in [0.3, 0.4) is 0 Å². The highest BCUT2D eigenvalue weighted by Gasteiger charge is 2.38. The SMILES string of the molecule is CCOC(=O)C1C(=C=S)NCC1CCc1ccc(C(=O)O)cc1. The highest BCUT2D eigenvalue weighted by Crippen LogP contribution is 2.29. The lowest BCUT2D eigenvalue weighted by Gasteiger charge is -2.16. The molecule has 0 aliphatic carbocycles. The minimum Gasteiger partial charge on any atom is -0.478 e. The quantitative estimate of drug-likeness (QED) is 0.614. The normalized spacial score (nSPS) is 19.8. The molecule has 1 aromatic carbocycles. The van der Waals surface area contributed by atoms with Crippen LogP contribution in [0.5, 0.6) is 0 Å². The first-order valence-corrected chi connectivity index (χ1v) is 7.95. The molecule has 6 heteroatoms. The number of aromatic carboxylic acids is 1. The zero-order valence-electron chi connectivity index (χ0n) is 12.9. The topological polar surface area (TPSA) is 75.6 Å². The van der Waals surface area contributed by atoms with Crippen molar-refractivity contribution >= 4 is 29.2 Å². The monoisotopic (exact) mass is 333 g/mol. The summed E-state index contributed by atoms with van der Waals surface area (Å²) in [6, 6.07) is 6.80. The number of benzene rings is 1. The van der Waals surface area contributed by atoms with Crippen molar-refractivity contribution in [3.8, 4) is 0 Å². The molecule has 0 spiro atoms. The van der Waals surface area contributed by atoms with E-state index < -0.39 is 5.97 Å². The Morgan fingerprint density at radius 2 is 2.09 bits per heavy atom. The molecule has 0 radical (unpaired) electrons. The molecule has 0 saturated carbocycles. The molecule has 0 amide bonds. The van der Waals surface area contributed by atoms with E-state index in [0.717, 1.165) is 18.4 Å². The predicted octanol–water partition coefficient (Wildman–Crippen LogP) is 2.20. The van der Waals surface area contributed by atoms with Gasteiger partial charge in [-0.1, -0.05) is 12.1 Å². The number of thiocarbonyl (C=S) groups is 1. The Balaban J connectivity index is 2.02. The first-order chi connectivity index (χ1) is 11.1. The van der Waals surface area contributed by atoms with E-state index in [9.17, 15) is 9.59 Å². The Kier molecular flexibility index (Phi) is 5.90. The molecule has 0 bridgehead atoms. The lowest BCUT2D eigenvalue weighted by Crippen LogP contribution is -2.24. The van der Waals surface area contributed by atoms with Crippen LogP contribution in [0.15, 0.2) is 30.0 Å². The molecule has 2 N–H and O–H groups in total. The fraction of sp³-hybridized carbons (Fsp3) is 0.412. The maximum absolute atomic E-state index is 12.1. The largest absolute Gasteiger partial charge is 0.478 e. The van der Waals surface area contributed by atoms with Crippen molar-refractivity contribution in [3.63, 3.8) is 0 Å². The van der Waals surface area contributed by atoms with Gasteiger partial charge >= 0.3 is 11.9 Å². The van der Waals surface area contributed by atoms with Gasteiger partial charge in [0.2, 0.25) is 0 Å². The molecule has 2 atom stereocenters. The van der Waals surface area contributed by atoms with Gasteiger partial charge in [-0.2, -0.15) is 0 Å². The van der Waals surface area contributed by atoms with E-state index in [2.05, 4.69) is 10.3 Å². The lowest BCUT2D eigenvalue weighted by atomic mass is 9.88. The average Bonchev–Trinajstić information content (AvgIpc) is 2.96. The van der Waals surface area contributed by atoms with E-state index in [0.29, 0.717) is 18.8 Å². The van der Waals surface area contributed by atoms with Crippen molar-refractivity contribution in [2.75, 3.05) is 13.2 Å². The average molecular weight is 333 g/mol. The van der Waals surface area contributed by atoms with Crippen LogP contribution >= 0.6 is 12.2 Å². The Hall–Kier alpha value is -2.17. The first-order valence-electron chi connectivity index (χ1n) is 7.54. The minimum atomic E-state index is -0.935. The Bertz CT molecular complexity index is 634. The van der Waals surface area contributed by atoms with E-state index >= 15 is 0 Å². The molecule has 122 valence electrons. The van der Waals surface area contributed by atoms with Crippen LogP contribution < -0.4 is 5.32 Å². The van der Waals surface area contributed by atoms with Gasteiger partial charge in [0.15, 0.2) is 0 Å².